The van der Waals surface area contributed by atoms with E-state index in [1.165, 1.54) is 44.9 Å². The number of hydrogen-bond donors (Lipinski definition) is 1. The van der Waals surface area contributed by atoms with Crippen LogP contribution in [-0.4, -0.2) is 25.3 Å². The van der Waals surface area contributed by atoms with E-state index in [1.54, 1.807) is 19.2 Å². The number of rotatable bonds is 5. The van der Waals surface area contributed by atoms with Crippen molar-refractivity contribution in [1.82, 2.24) is 5.43 Å². The SMILES string of the molecule is COc1ccccc1OCC(=O)NN=C1CCCCCCCCCCC1. The summed E-state index contributed by atoms with van der Waals surface area (Å²) in [6.45, 7) is -0.0723. The molecule has 1 aliphatic carbocycles. The van der Waals surface area contributed by atoms with Gasteiger partial charge in [0.25, 0.3) is 5.91 Å². The van der Waals surface area contributed by atoms with Crippen molar-refractivity contribution in [2.24, 2.45) is 5.10 Å². The molecule has 5 nitrogen and oxygen atoms in total. The molecule has 5 heteroatoms. The molecule has 0 heterocycles. The first-order chi connectivity index (χ1) is 12.8. The van der Waals surface area contributed by atoms with Crippen LogP contribution in [0.15, 0.2) is 29.4 Å². The smallest absolute Gasteiger partial charge is 0.277 e. The van der Waals surface area contributed by atoms with E-state index in [0.717, 1.165) is 31.4 Å². The number of nitrogens with one attached hydrogen (secondary N) is 1. The maximum Gasteiger partial charge on any atom is 0.277 e. The molecule has 144 valence electrons. The summed E-state index contributed by atoms with van der Waals surface area (Å²) in [6.07, 6.45) is 13.5. The fraction of sp³-hybridized carbons (Fsp3) is 0.619. The lowest BCUT2D eigenvalue weighted by molar-refractivity contribution is -0.123. The van der Waals surface area contributed by atoms with Crippen LogP contribution in [-0.2, 0) is 4.79 Å². The van der Waals surface area contributed by atoms with Crippen molar-refractivity contribution < 1.29 is 14.3 Å². The number of methoxy groups -OCH3 is 1. The van der Waals surface area contributed by atoms with Gasteiger partial charge in [-0.15, -0.1) is 0 Å². The van der Waals surface area contributed by atoms with Gasteiger partial charge in [0, 0.05) is 5.71 Å². The van der Waals surface area contributed by atoms with E-state index in [-0.39, 0.29) is 12.5 Å². The van der Waals surface area contributed by atoms with Crippen LogP contribution in [0.4, 0.5) is 0 Å². The zero-order valence-corrected chi connectivity index (χ0v) is 16.0. The van der Waals surface area contributed by atoms with Gasteiger partial charge in [0.05, 0.1) is 7.11 Å². The average Bonchev–Trinajstić information content (AvgIpc) is 2.66. The van der Waals surface area contributed by atoms with Crippen molar-refractivity contribution in [3.63, 3.8) is 0 Å². The molecule has 1 saturated carbocycles. The summed E-state index contributed by atoms with van der Waals surface area (Å²) in [5, 5.41) is 4.37. The molecule has 0 aliphatic heterocycles. The molecule has 0 radical (unpaired) electrons. The maximum atomic E-state index is 12.1. The minimum absolute atomic E-state index is 0.0723. The monoisotopic (exact) mass is 360 g/mol. The van der Waals surface area contributed by atoms with E-state index in [4.69, 9.17) is 9.47 Å². The van der Waals surface area contributed by atoms with Gasteiger partial charge < -0.3 is 9.47 Å². The third-order valence-electron chi connectivity index (χ3n) is 4.70. The highest BCUT2D eigenvalue weighted by Crippen LogP contribution is 2.25. The topological polar surface area (TPSA) is 59.9 Å². The standard InChI is InChI=1S/C21H32N2O3/c1-25-19-15-11-12-16-20(19)26-17-21(24)23-22-18-13-9-7-5-3-2-4-6-8-10-14-18/h11-12,15-16H,2-10,13-14,17H2,1H3,(H,23,24). The molecule has 1 aliphatic rings. The first-order valence-electron chi connectivity index (χ1n) is 9.89. The molecule has 26 heavy (non-hydrogen) atoms. The third kappa shape index (κ3) is 7.89. The number of amides is 1. The van der Waals surface area contributed by atoms with Crippen molar-refractivity contribution in [2.45, 2.75) is 70.6 Å². The Morgan fingerprint density at radius 2 is 1.46 bits per heavy atom. The fourth-order valence-corrected chi connectivity index (χ4v) is 3.19. The largest absolute Gasteiger partial charge is 0.493 e. The quantitative estimate of drug-likeness (QED) is 0.764. The highest BCUT2D eigenvalue weighted by Gasteiger charge is 2.08. The zero-order chi connectivity index (χ0) is 18.5. The minimum Gasteiger partial charge on any atom is -0.493 e. The average molecular weight is 360 g/mol. The Kier molecular flexibility index (Phi) is 9.62. The molecule has 2 rings (SSSR count). The van der Waals surface area contributed by atoms with Crippen molar-refractivity contribution >= 4 is 11.6 Å². The fourth-order valence-electron chi connectivity index (χ4n) is 3.19. The summed E-state index contributed by atoms with van der Waals surface area (Å²) >= 11 is 0. The molecule has 0 saturated heterocycles. The van der Waals surface area contributed by atoms with E-state index in [1.807, 2.05) is 12.1 Å². The van der Waals surface area contributed by atoms with Gasteiger partial charge in [-0.2, -0.15) is 5.10 Å². The lowest BCUT2D eigenvalue weighted by Gasteiger charge is -2.11. The molecule has 0 unspecified atom stereocenters. The second kappa shape index (κ2) is 12.3. The summed E-state index contributed by atoms with van der Waals surface area (Å²) in [4.78, 5) is 12.1. The summed E-state index contributed by atoms with van der Waals surface area (Å²) < 4.78 is 10.8. The van der Waals surface area contributed by atoms with Crippen LogP contribution < -0.4 is 14.9 Å². The second-order valence-corrected chi connectivity index (χ2v) is 6.83. The van der Waals surface area contributed by atoms with E-state index in [2.05, 4.69) is 10.5 Å². The van der Waals surface area contributed by atoms with Gasteiger partial charge in [-0.3, -0.25) is 4.79 Å². The number of hydrogen-bond acceptors (Lipinski definition) is 4. The Hall–Kier alpha value is -2.04. The second-order valence-electron chi connectivity index (χ2n) is 6.83. The van der Waals surface area contributed by atoms with Crippen molar-refractivity contribution in [3.8, 4) is 11.5 Å². The first kappa shape index (κ1) is 20.3. The summed E-state index contributed by atoms with van der Waals surface area (Å²) in [7, 11) is 1.58. The zero-order valence-electron chi connectivity index (χ0n) is 16.0. The Morgan fingerprint density at radius 3 is 2.04 bits per heavy atom. The van der Waals surface area contributed by atoms with E-state index in [0.29, 0.717) is 11.5 Å². The highest BCUT2D eigenvalue weighted by atomic mass is 16.5. The van der Waals surface area contributed by atoms with E-state index >= 15 is 0 Å². The molecule has 1 fully saturated rings. The van der Waals surface area contributed by atoms with Gasteiger partial charge in [0.2, 0.25) is 0 Å². The normalized spacial score (nSPS) is 16.7. The predicted molar refractivity (Wildman–Crippen MR) is 105 cm³/mol. The predicted octanol–water partition coefficient (Wildman–Crippen LogP) is 4.85. The number of carbonyl (C=O) groups is 1. The Bertz CT molecular complexity index is 558. The summed E-state index contributed by atoms with van der Waals surface area (Å²) in [6, 6.07) is 7.30. The molecule has 1 amide bonds. The summed E-state index contributed by atoms with van der Waals surface area (Å²) in [5.74, 6) is 0.935. The molecule has 1 aromatic carbocycles. The van der Waals surface area contributed by atoms with Crippen LogP contribution in [0.3, 0.4) is 0 Å². The molecular formula is C21H32N2O3. The Labute approximate surface area is 157 Å². The number of hydrazone groups is 1. The maximum absolute atomic E-state index is 12.1. The number of benzene rings is 1. The first-order valence-corrected chi connectivity index (χ1v) is 9.89. The van der Waals surface area contributed by atoms with Gasteiger partial charge in [-0.25, -0.2) is 5.43 Å². The van der Waals surface area contributed by atoms with Crippen LogP contribution in [0.1, 0.15) is 70.6 Å². The number of nitrogens with zero attached hydrogens (tertiary/aromatic N) is 1. The third-order valence-corrected chi connectivity index (χ3v) is 4.70. The van der Waals surface area contributed by atoms with Gasteiger partial charge in [-0.1, -0.05) is 57.1 Å². The molecule has 0 spiro atoms. The van der Waals surface area contributed by atoms with Crippen LogP contribution in [0.25, 0.3) is 0 Å². The molecular weight excluding hydrogens is 328 g/mol. The molecule has 0 aromatic heterocycles. The van der Waals surface area contributed by atoms with Crippen molar-refractivity contribution in [1.29, 1.82) is 0 Å². The van der Waals surface area contributed by atoms with Gasteiger partial charge in [0.15, 0.2) is 18.1 Å². The van der Waals surface area contributed by atoms with Gasteiger partial charge >= 0.3 is 0 Å². The number of carbonyl (C=O) groups excluding carboxylic acids is 1. The number of ether oxygens (including phenoxy) is 2. The lowest BCUT2D eigenvalue weighted by atomic mass is 10.00. The highest BCUT2D eigenvalue weighted by molar-refractivity contribution is 5.86. The number of para-hydroxylation sites is 2. The van der Waals surface area contributed by atoms with Crippen molar-refractivity contribution in [2.75, 3.05) is 13.7 Å². The van der Waals surface area contributed by atoms with Crippen LogP contribution >= 0.6 is 0 Å². The van der Waals surface area contributed by atoms with Crippen LogP contribution in [0, 0.1) is 0 Å². The van der Waals surface area contributed by atoms with Crippen molar-refractivity contribution in [3.05, 3.63) is 24.3 Å². The summed E-state index contributed by atoms with van der Waals surface area (Å²) in [5.41, 5.74) is 3.76. The Balaban J connectivity index is 1.79. The van der Waals surface area contributed by atoms with E-state index < -0.39 is 0 Å². The van der Waals surface area contributed by atoms with Gasteiger partial charge in [0.1, 0.15) is 0 Å². The molecule has 0 bridgehead atoms. The van der Waals surface area contributed by atoms with Crippen LogP contribution in [0.2, 0.25) is 0 Å². The lowest BCUT2D eigenvalue weighted by Crippen LogP contribution is -2.26. The minimum atomic E-state index is -0.241. The molecule has 1 N–H and O–H groups in total. The molecule has 1 aromatic rings. The van der Waals surface area contributed by atoms with E-state index in [9.17, 15) is 4.79 Å². The molecule has 0 atom stereocenters. The van der Waals surface area contributed by atoms with Crippen LogP contribution in [0.5, 0.6) is 11.5 Å². The van der Waals surface area contributed by atoms with Gasteiger partial charge in [-0.05, 0) is 37.8 Å². The Morgan fingerprint density at radius 1 is 0.923 bits per heavy atom.